The Hall–Kier alpha value is -3.32. The Morgan fingerprint density at radius 3 is 2.50 bits per heavy atom. The minimum absolute atomic E-state index is 0.0110. The van der Waals surface area contributed by atoms with Crippen molar-refractivity contribution in [2.24, 2.45) is 5.92 Å². The number of piperidine rings is 1. The van der Waals surface area contributed by atoms with Crippen LogP contribution in [-0.2, 0) is 4.79 Å². The molecule has 0 atom stereocenters. The van der Waals surface area contributed by atoms with Crippen LogP contribution < -0.4 is 10.2 Å². The molecule has 0 bridgehead atoms. The lowest BCUT2D eigenvalue weighted by Gasteiger charge is -2.31. The fraction of sp³-hybridized carbons (Fsp3) is 0.280. The number of hydrogen-bond donors (Lipinski definition) is 1. The number of nitrogens with zero attached hydrogens (tertiary/aromatic N) is 4. The summed E-state index contributed by atoms with van der Waals surface area (Å²) in [6.45, 7) is 5.65. The van der Waals surface area contributed by atoms with E-state index in [-0.39, 0.29) is 11.8 Å². The summed E-state index contributed by atoms with van der Waals surface area (Å²) in [6, 6.07) is 18.3. The first-order valence-corrected chi connectivity index (χ1v) is 11.7. The molecule has 1 aliphatic heterocycles. The van der Waals surface area contributed by atoms with E-state index in [1.54, 1.807) is 11.3 Å². The third kappa shape index (κ3) is 4.34. The molecule has 4 aromatic rings. The van der Waals surface area contributed by atoms with Crippen LogP contribution in [0, 0.1) is 19.8 Å². The van der Waals surface area contributed by atoms with Crippen LogP contribution in [0.4, 0.5) is 11.5 Å². The Morgan fingerprint density at radius 1 is 1.00 bits per heavy atom. The van der Waals surface area contributed by atoms with Gasteiger partial charge < -0.3 is 10.2 Å². The van der Waals surface area contributed by atoms with Gasteiger partial charge in [0.1, 0.15) is 5.01 Å². The van der Waals surface area contributed by atoms with Crippen molar-refractivity contribution in [1.82, 2.24) is 15.2 Å². The summed E-state index contributed by atoms with van der Waals surface area (Å²) >= 11 is 1.69. The summed E-state index contributed by atoms with van der Waals surface area (Å²) in [6.07, 6.45) is 1.62. The SMILES string of the molecule is Cc1ccc2nc(-c3ccc(NC(=O)C4CCN(c5ccc(C)nn5)CC4)cc3)sc2c1. The maximum Gasteiger partial charge on any atom is 0.227 e. The molecule has 5 rings (SSSR count). The van der Waals surface area contributed by atoms with Crippen molar-refractivity contribution in [3.63, 3.8) is 0 Å². The number of benzene rings is 2. The van der Waals surface area contributed by atoms with Gasteiger partial charge in [0.05, 0.1) is 15.9 Å². The first kappa shape index (κ1) is 20.6. The summed E-state index contributed by atoms with van der Waals surface area (Å²) < 4.78 is 1.19. The van der Waals surface area contributed by atoms with Gasteiger partial charge in [-0.25, -0.2) is 4.98 Å². The highest BCUT2D eigenvalue weighted by Gasteiger charge is 2.25. The van der Waals surface area contributed by atoms with Crippen molar-refractivity contribution in [1.29, 1.82) is 0 Å². The molecular weight excluding hydrogens is 418 g/mol. The molecule has 1 fully saturated rings. The topological polar surface area (TPSA) is 71.0 Å². The van der Waals surface area contributed by atoms with Crippen molar-refractivity contribution in [3.8, 4) is 10.6 Å². The molecule has 3 heterocycles. The van der Waals surface area contributed by atoms with E-state index in [4.69, 9.17) is 4.98 Å². The third-order valence-corrected chi connectivity index (χ3v) is 6.98. The smallest absolute Gasteiger partial charge is 0.227 e. The van der Waals surface area contributed by atoms with Gasteiger partial charge in [-0.1, -0.05) is 6.07 Å². The molecule has 0 spiro atoms. The lowest BCUT2D eigenvalue weighted by Crippen LogP contribution is -2.38. The van der Waals surface area contributed by atoms with Crippen molar-refractivity contribution in [2.75, 3.05) is 23.3 Å². The zero-order chi connectivity index (χ0) is 22.1. The Bertz CT molecular complexity index is 1240. The molecule has 0 saturated carbocycles. The molecule has 2 aromatic carbocycles. The molecule has 32 heavy (non-hydrogen) atoms. The van der Waals surface area contributed by atoms with E-state index in [0.29, 0.717) is 0 Å². The lowest BCUT2D eigenvalue weighted by molar-refractivity contribution is -0.120. The Labute approximate surface area is 191 Å². The molecular formula is C25H25N5OS. The van der Waals surface area contributed by atoms with E-state index >= 15 is 0 Å². The van der Waals surface area contributed by atoms with Gasteiger partial charge in [0.15, 0.2) is 5.82 Å². The van der Waals surface area contributed by atoms with Gasteiger partial charge in [0.2, 0.25) is 5.91 Å². The summed E-state index contributed by atoms with van der Waals surface area (Å²) in [5, 5.41) is 12.5. The van der Waals surface area contributed by atoms with Gasteiger partial charge >= 0.3 is 0 Å². The summed E-state index contributed by atoms with van der Waals surface area (Å²) in [4.78, 5) is 19.7. The number of rotatable bonds is 4. The van der Waals surface area contributed by atoms with Gasteiger partial charge in [-0.15, -0.1) is 16.4 Å². The number of amides is 1. The van der Waals surface area contributed by atoms with Crippen LogP contribution in [0.25, 0.3) is 20.8 Å². The van der Waals surface area contributed by atoms with Crippen molar-refractivity contribution >= 4 is 39.0 Å². The average molecular weight is 444 g/mol. The Kier molecular flexibility index (Phi) is 5.57. The minimum atomic E-state index is 0.0110. The summed E-state index contributed by atoms with van der Waals surface area (Å²) in [5.74, 6) is 0.981. The number of thiazole rings is 1. The van der Waals surface area contributed by atoms with Crippen LogP contribution in [0.15, 0.2) is 54.6 Å². The number of fused-ring (bicyclic) bond motifs is 1. The molecule has 0 aliphatic carbocycles. The summed E-state index contributed by atoms with van der Waals surface area (Å²) in [7, 11) is 0. The highest BCUT2D eigenvalue weighted by molar-refractivity contribution is 7.21. The van der Waals surface area contributed by atoms with Crippen LogP contribution in [0.2, 0.25) is 0 Å². The zero-order valence-corrected chi connectivity index (χ0v) is 19.0. The maximum absolute atomic E-state index is 12.8. The van der Waals surface area contributed by atoms with Crippen molar-refractivity contribution in [2.45, 2.75) is 26.7 Å². The first-order chi connectivity index (χ1) is 15.5. The van der Waals surface area contributed by atoms with E-state index in [2.05, 4.69) is 45.5 Å². The van der Waals surface area contributed by atoms with Crippen LogP contribution in [0.3, 0.4) is 0 Å². The van der Waals surface area contributed by atoms with Crippen LogP contribution in [0.1, 0.15) is 24.1 Å². The predicted octanol–water partition coefficient (Wildman–Crippen LogP) is 5.23. The quantitative estimate of drug-likeness (QED) is 0.468. The highest BCUT2D eigenvalue weighted by Crippen LogP contribution is 2.31. The largest absolute Gasteiger partial charge is 0.355 e. The number of carbonyl (C=O) groups excluding carboxylic acids is 1. The number of aryl methyl sites for hydroxylation is 2. The number of carbonyl (C=O) groups is 1. The summed E-state index contributed by atoms with van der Waals surface area (Å²) in [5.41, 5.74) is 5.06. The molecule has 7 heteroatoms. The molecule has 2 aromatic heterocycles. The van der Waals surface area contributed by atoms with Gasteiger partial charge in [-0.2, -0.15) is 5.10 Å². The number of nitrogens with one attached hydrogen (secondary N) is 1. The van der Waals surface area contributed by atoms with E-state index < -0.39 is 0 Å². The molecule has 1 saturated heterocycles. The van der Waals surface area contributed by atoms with Crippen molar-refractivity contribution in [3.05, 3.63) is 65.9 Å². The number of hydrogen-bond acceptors (Lipinski definition) is 6. The van der Waals surface area contributed by atoms with Gasteiger partial charge in [-0.3, -0.25) is 4.79 Å². The zero-order valence-electron chi connectivity index (χ0n) is 18.2. The molecule has 0 unspecified atom stereocenters. The average Bonchev–Trinajstić information content (AvgIpc) is 3.23. The van der Waals surface area contributed by atoms with Crippen LogP contribution in [-0.4, -0.2) is 34.2 Å². The van der Waals surface area contributed by atoms with Crippen LogP contribution >= 0.6 is 11.3 Å². The monoisotopic (exact) mass is 443 g/mol. The number of anilines is 2. The fourth-order valence-electron chi connectivity index (χ4n) is 4.03. The molecule has 1 amide bonds. The normalized spacial score (nSPS) is 14.6. The third-order valence-electron chi connectivity index (χ3n) is 5.92. The van der Waals surface area contributed by atoms with E-state index in [9.17, 15) is 4.79 Å². The van der Waals surface area contributed by atoms with E-state index in [1.807, 2.05) is 43.3 Å². The molecule has 0 radical (unpaired) electrons. The Morgan fingerprint density at radius 2 is 1.78 bits per heavy atom. The van der Waals surface area contributed by atoms with Crippen LogP contribution in [0.5, 0.6) is 0 Å². The van der Waals surface area contributed by atoms with E-state index in [1.165, 1.54) is 10.3 Å². The fourth-order valence-corrected chi connectivity index (χ4v) is 5.10. The van der Waals surface area contributed by atoms with Gasteiger partial charge in [0, 0.05) is 30.3 Å². The standard InChI is InChI=1S/C25H25N5OS/c1-16-3-9-21-22(15-16)32-25(27-21)19-5-7-20(8-6-19)26-24(31)18-11-13-30(14-12-18)23-10-4-17(2)28-29-23/h3-10,15,18H,11-14H2,1-2H3,(H,26,31). The first-order valence-electron chi connectivity index (χ1n) is 10.9. The maximum atomic E-state index is 12.8. The second-order valence-corrected chi connectivity index (χ2v) is 9.38. The van der Waals surface area contributed by atoms with Gasteiger partial charge in [0.25, 0.3) is 0 Å². The minimum Gasteiger partial charge on any atom is -0.355 e. The molecule has 162 valence electrons. The second-order valence-electron chi connectivity index (χ2n) is 8.35. The molecule has 6 nitrogen and oxygen atoms in total. The van der Waals surface area contributed by atoms with Crippen molar-refractivity contribution < 1.29 is 4.79 Å². The van der Waals surface area contributed by atoms with Gasteiger partial charge in [-0.05, 0) is 80.8 Å². The highest BCUT2D eigenvalue weighted by atomic mass is 32.1. The molecule has 1 aliphatic rings. The van der Waals surface area contributed by atoms with E-state index in [0.717, 1.165) is 59.2 Å². The predicted molar refractivity (Wildman–Crippen MR) is 130 cm³/mol. The number of aromatic nitrogens is 3. The lowest BCUT2D eigenvalue weighted by atomic mass is 9.95. The Balaban J connectivity index is 1.20. The second kappa shape index (κ2) is 8.67. The molecule has 1 N–H and O–H groups in total.